The molecule has 0 radical (unpaired) electrons. The number of rotatable bonds is 5. The van der Waals surface area contributed by atoms with Crippen LogP contribution in [-0.4, -0.2) is 21.8 Å². The first-order valence-corrected chi connectivity index (χ1v) is 8.25. The van der Waals surface area contributed by atoms with Crippen molar-refractivity contribution in [3.05, 3.63) is 70.6 Å². The molecule has 0 saturated heterocycles. The molecule has 0 fully saturated rings. The third-order valence-corrected chi connectivity index (χ3v) is 4.08. The molecule has 0 aliphatic rings. The molecule has 0 saturated carbocycles. The number of aromatic nitrogens is 2. The van der Waals surface area contributed by atoms with Crippen molar-refractivity contribution in [3.8, 4) is 0 Å². The number of carbonyl (C=O) groups excluding carboxylic acids is 1. The maximum Gasteiger partial charge on any atom is 0.417 e. The minimum absolute atomic E-state index is 0.0336. The molecule has 0 aliphatic heterocycles. The van der Waals surface area contributed by atoms with Gasteiger partial charge in [0, 0.05) is 18.9 Å². The van der Waals surface area contributed by atoms with E-state index in [0.717, 1.165) is 17.8 Å². The molecule has 26 heavy (non-hydrogen) atoms. The number of amides is 1. The van der Waals surface area contributed by atoms with E-state index >= 15 is 0 Å². The van der Waals surface area contributed by atoms with Crippen LogP contribution in [0.4, 0.5) is 13.2 Å². The number of pyridine rings is 1. The molecule has 3 aromatic rings. The number of carbonyl (C=O) groups is 1. The summed E-state index contributed by atoms with van der Waals surface area (Å²) >= 11 is 5.89. The average molecular weight is 382 g/mol. The van der Waals surface area contributed by atoms with Gasteiger partial charge >= 0.3 is 6.18 Å². The fraction of sp³-hybridized carbons (Fsp3) is 0.222. The monoisotopic (exact) mass is 381 g/mol. The lowest BCUT2D eigenvalue weighted by Crippen LogP contribution is -2.27. The van der Waals surface area contributed by atoms with Gasteiger partial charge in [0.1, 0.15) is 0 Å². The molecular formula is C18H15ClF3N3O. The third-order valence-electron chi connectivity index (χ3n) is 3.80. The maximum absolute atomic E-state index is 12.8. The predicted octanol–water partition coefficient (Wildman–Crippen LogP) is 3.91. The van der Waals surface area contributed by atoms with Gasteiger partial charge in [0.15, 0.2) is 5.65 Å². The van der Waals surface area contributed by atoms with Crippen molar-refractivity contribution in [1.29, 1.82) is 0 Å². The van der Waals surface area contributed by atoms with Crippen LogP contribution in [0.5, 0.6) is 0 Å². The van der Waals surface area contributed by atoms with Crippen molar-refractivity contribution in [1.82, 2.24) is 14.7 Å². The topological polar surface area (TPSA) is 46.4 Å². The fourth-order valence-electron chi connectivity index (χ4n) is 2.57. The Morgan fingerprint density at radius 3 is 2.62 bits per heavy atom. The van der Waals surface area contributed by atoms with E-state index in [4.69, 9.17) is 11.6 Å². The number of imidazole rings is 1. The second kappa shape index (κ2) is 7.37. The van der Waals surface area contributed by atoms with Crippen molar-refractivity contribution in [2.45, 2.75) is 19.0 Å². The van der Waals surface area contributed by atoms with Crippen molar-refractivity contribution >= 4 is 23.2 Å². The summed E-state index contributed by atoms with van der Waals surface area (Å²) < 4.78 is 39.7. The Morgan fingerprint density at radius 1 is 1.19 bits per heavy atom. The van der Waals surface area contributed by atoms with E-state index in [2.05, 4.69) is 10.3 Å². The van der Waals surface area contributed by atoms with Crippen LogP contribution < -0.4 is 5.32 Å². The first kappa shape index (κ1) is 18.3. The van der Waals surface area contributed by atoms with Crippen LogP contribution in [0.1, 0.15) is 16.8 Å². The SMILES string of the molecule is O=C(Cc1cn2cc(C(F)(F)F)cc(Cl)c2n1)NCCc1ccccc1. The number of benzene rings is 1. The highest BCUT2D eigenvalue weighted by Gasteiger charge is 2.31. The molecule has 1 aromatic carbocycles. The van der Waals surface area contributed by atoms with Gasteiger partial charge in [0.25, 0.3) is 0 Å². The zero-order valence-electron chi connectivity index (χ0n) is 13.6. The third kappa shape index (κ3) is 4.35. The normalized spacial score (nSPS) is 11.7. The molecule has 0 bridgehead atoms. The molecule has 1 N–H and O–H groups in total. The quantitative estimate of drug-likeness (QED) is 0.728. The minimum atomic E-state index is -4.50. The maximum atomic E-state index is 12.8. The molecule has 4 nitrogen and oxygen atoms in total. The molecule has 0 unspecified atom stereocenters. The molecule has 1 amide bonds. The molecule has 0 aliphatic carbocycles. The minimum Gasteiger partial charge on any atom is -0.355 e. The molecular weight excluding hydrogens is 367 g/mol. The van der Waals surface area contributed by atoms with Gasteiger partial charge in [-0.3, -0.25) is 4.79 Å². The van der Waals surface area contributed by atoms with Gasteiger partial charge < -0.3 is 9.72 Å². The van der Waals surface area contributed by atoms with Crippen molar-refractivity contribution in [2.24, 2.45) is 0 Å². The van der Waals surface area contributed by atoms with Crippen LogP contribution in [0.25, 0.3) is 5.65 Å². The second-order valence-electron chi connectivity index (χ2n) is 5.80. The number of hydrogen-bond acceptors (Lipinski definition) is 2. The van der Waals surface area contributed by atoms with Crippen molar-refractivity contribution in [2.75, 3.05) is 6.54 Å². The Bertz CT molecular complexity index is 923. The van der Waals surface area contributed by atoms with E-state index < -0.39 is 11.7 Å². The van der Waals surface area contributed by atoms with Crippen LogP contribution >= 0.6 is 11.6 Å². The molecule has 8 heteroatoms. The summed E-state index contributed by atoms with van der Waals surface area (Å²) in [7, 11) is 0. The Kier molecular flexibility index (Phi) is 5.18. The van der Waals surface area contributed by atoms with Gasteiger partial charge in [-0.1, -0.05) is 41.9 Å². The summed E-state index contributed by atoms with van der Waals surface area (Å²) in [6.45, 7) is 0.467. The summed E-state index contributed by atoms with van der Waals surface area (Å²) in [5.41, 5.74) is 0.772. The van der Waals surface area contributed by atoms with E-state index in [1.54, 1.807) is 0 Å². The zero-order valence-corrected chi connectivity index (χ0v) is 14.3. The van der Waals surface area contributed by atoms with E-state index in [-0.39, 0.29) is 23.0 Å². The summed E-state index contributed by atoms with van der Waals surface area (Å²) in [6.07, 6.45) is -1.55. The van der Waals surface area contributed by atoms with Crippen LogP contribution in [0.2, 0.25) is 5.02 Å². The highest BCUT2D eigenvalue weighted by atomic mass is 35.5. The summed E-state index contributed by atoms with van der Waals surface area (Å²) in [5.74, 6) is -0.253. The number of hydrogen-bond donors (Lipinski definition) is 1. The Balaban J connectivity index is 1.65. The summed E-state index contributed by atoms with van der Waals surface area (Å²) in [6, 6.07) is 10.5. The largest absolute Gasteiger partial charge is 0.417 e. The van der Waals surface area contributed by atoms with Crippen molar-refractivity contribution in [3.63, 3.8) is 0 Å². The molecule has 0 atom stereocenters. The lowest BCUT2D eigenvalue weighted by Gasteiger charge is -2.07. The second-order valence-corrected chi connectivity index (χ2v) is 6.21. The molecule has 2 heterocycles. The summed E-state index contributed by atoms with van der Waals surface area (Å²) in [4.78, 5) is 16.2. The van der Waals surface area contributed by atoms with Gasteiger partial charge in [-0.25, -0.2) is 4.98 Å². The first-order chi connectivity index (χ1) is 12.3. The van der Waals surface area contributed by atoms with Gasteiger partial charge in [-0.15, -0.1) is 0 Å². The van der Waals surface area contributed by atoms with Crippen LogP contribution in [0, 0.1) is 0 Å². The number of alkyl halides is 3. The number of fused-ring (bicyclic) bond motifs is 1. The lowest BCUT2D eigenvalue weighted by atomic mass is 10.1. The summed E-state index contributed by atoms with van der Waals surface area (Å²) in [5, 5.41) is 2.66. The highest BCUT2D eigenvalue weighted by molar-refractivity contribution is 6.33. The fourth-order valence-corrected chi connectivity index (χ4v) is 2.82. The predicted molar refractivity (Wildman–Crippen MR) is 92.1 cm³/mol. The Hall–Kier alpha value is -2.54. The van der Waals surface area contributed by atoms with Gasteiger partial charge in [-0.2, -0.15) is 13.2 Å². The standard InChI is InChI=1S/C18H15ClF3N3O/c19-15-8-13(18(20,21)22)10-25-11-14(24-17(15)25)9-16(26)23-7-6-12-4-2-1-3-5-12/h1-5,8,10-11H,6-7,9H2,(H,23,26). The number of halogens is 4. The lowest BCUT2D eigenvalue weighted by molar-refractivity contribution is -0.137. The molecule has 136 valence electrons. The number of nitrogens with zero attached hydrogens (tertiary/aromatic N) is 2. The highest BCUT2D eigenvalue weighted by Crippen LogP contribution is 2.32. The van der Waals surface area contributed by atoms with Gasteiger partial charge in [0.05, 0.1) is 22.7 Å². The Morgan fingerprint density at radius 2 is 1.92 bits per heavy atom. The van der Waals surface area contributed by atoms with Crippen LogP contribution in [0.15, 0.2) is 48.8 Å². The zero-order chi connectivity index (χ0) is 18.7. The van der Waals surface area contributed by atoms with E-state index in [0.29, 0.717) is 18.7 Å². The van der Waals surface area contributed by atoms with Crippen LogP contribution in [0.3, 0.4) is 0 Å². The average Bonchev–Trinajstić information content (AvgIpc) is 2.98. The van der Waals surface area contributed by atoms with Gasteiger partial charge in [-0.05, 0) is 18.1 Å². The molecule has 2 aromatic heterocycles. The van der Waals surface area contributed by atoms with E-state index in [9.17, 15) is 18.0 Å². The Labute approximate surface area is 152 Å². The van der Waals surface area contributed by atoms with E-state index in [1.165, 1.54) is 10.6 Å². The van der Waals surface area contributed by atoms with E-state index in [1.807, 2.05) is 30.3 Å². The van der Waals surface area contributed by atoms with Gasteiger partial charge in [0.2, 0.25) is 5.91 Å². The first-order valence-electron chi connectivity index (χ1n) is 7.88. The number of nitrogens with one attached hydrogen (secondary N) is 1. The van der Waals surface area contributed by atoms with Crippen molar-refractivity contribution < 1.29 is 18.0 Å². The van der Waals surface area contributed by atoms with Crippen LogP contribution in [-0.2, 0) is 23.8 Å². The molecule has 0 spiro atoms. The smallest absolute Gasteiger partial charge is 0.355 e. The molecule has 3 rings (SSSR count).